The number of hydrogen-bond donors (Lipinski definition) is 1. The van der Waals surface area contributed by atoms with Crippen LogP contribution in [0.15, 0.2) is 5.16 Å². The maximum absolute atomic E-state index is 13.1. The van der Waals surface area contributed by atoms with E-state index in [1.807, 2.05) is 0 Å². The average molecular weight is 191 g/mol. The van der Waals surface area contributed by atoms with E-state index in [0.717, 1.165) is 0 Å². The summed E-state index contributed by atoms with van der Waals surface area (Å²) >= 11 is 0. The SMILES string of the molecule is ON=C1CCC2(CC1)OCC2(F)F. The molecule has 1 saturated carbocycles. The molecule has 1 saturated heterocycles. The van der Waals surface area contributed by atoms with Crippen molar-refractivity contribution in [1.29, 1.82) is 0 Å². The first kappa shape index (κ1) is 8.87. The Morgan fingerprint density at radius 1 is 1.31 bits per heavy atom. The van der Waals surface area contributed by atoms with E-state index in [1.165, 1.54) is 0 Å². The van der Waals surface area contributed by atoms with Gasteiger partial charge in [-0.1, -0.05) is 5.16 Å². The molecule has 3 nitrogen and oxygen atoms in total. The van der Waals surface area contributed by atoms with Gasteiger partial charge in [0.05, 0.1) is 5.71 Å². The van der Waals surface area contributed by atoms with Gasteiger partial charge in [0.25, 0.3) is 5.92 Å². The average Bonchev–Trinajstić information content (AvgIpc) is 2.16. The van der Waals surface area contributed by atoms with E-state index in [-0.39, 0.29) is 12.8 Å². The lowest BCUT2D eigenvalue weighted by molar-refractivity contribution is -0.334. The molecule has 1 heterocycles. The molecule has 0 unspecified atom stereocenters. The van der Waals surface area contributed by atoms with Gasteiger partial charge in [0.1, 0.15) is 12.2 Å². The Kier molecular flexibility index (Phi) is 1.80. The fourth-order valence-corrected chi connectivity index (χ4v) is 1.94. The molecule has 0 amide bonds. The van der Waals surface area contributed by atoms with Gasteiger partial charge in [-0.05, 0) is 25.7 Å². The van der Waals surface area contributed by atoms with Gasteiger partial charge >= 0.3 is 0 Å². The molecule has 0 bridgehead atoms. The van der Waals surface area contributed by atoms with Crippen molar-refractivity contribution in [1.82, 2.24) is 0 Å². The standard InChI is InChI=1S/C8H11F2NO2/c9-8(10)5-13-7(8)3-1-6(11-12)2-4-7/h12H,1-5H2. The fourth-order valence-electron chi connectivity index (χ4n) is 1.94. The van der Waals surface area contributed by atoms with Gasteiger partial charge in [0.2, 0.25) is 0 Å². The smallest absolute Gasteiger partial charge is 0.299 e. The summed E-state index contributed by atoms with van der Waals surface area (Å²) in [6.45, 7) is -0.460. The van der Waals surface area contributed by atoms with Gasteiger partial charge < -0.3 is 9.94 Å². The number of rotatable bonds is 0. The highest BCUT2D eigenvalue weighted by Crippen LogP contribution is 2.50. The van der Waals surface area contributed by atoms with E-state index in [0.29, 0.717) is 18.6 Å². The van der Waals surface area contributed by atoms with Crippen molar-refractivity contribution in [3.8, 4) is 0 Å². The van der Waals surface area contributed by atoms with E-state index >= 15 is 0 Å². The number of halogens is 2. The van der Waals surface area contributed by atoms with Gasteiger partial charge in [-0.3, -0.25) is 0 Å². The lowest BCUT2D eigenvalue weighted by atomic mass is 9.76. The predicted molar refractivity (Wildman–Crippen MR) is 41.3 cm³/mol. The highest BCUT2D eigenvalue weighted by molar-refractivity contribution is 5.84. The molecule has 1 aliphatic carbocycles. The molecule has 5 heteroatoms. The number of ether oxygens (including phenoxy) is 1. The maximum Gasteiger partial charge on any atom is 0.299 e. The van der Waals surface area contributed by atoms with Crippen LogP contribution in [-0.2, 0) is 4.74 Å². The van der Waals surface area contributed by atoms with Crippen LogP contribution in [0.25, 0.3) is 0 Å². The molecular weight excluding hydrogens is 180 g/mol. The van der Waals surface area contributed by atoms with E-state index in [4.69, 9.17) is 9.94 Å². The Morgan fingerprint density at radius 3 is 2.23 bits per heavy atom. The van der Waals surface area contributed by atoms with E-state index in [9.17, 15) is 8.78 Å². The number of oxime groups is 1. The molecule has 0 aromatic rings. The maximum atomic E-state index is 13.1. The predicted octanol–water partition coefficient (Wildman–Crippen LogP) is 1.79. The second-order valence-corrected chi connectivity index (χ2v) is 3.65. The first-order valence-corrected chi connectivity index (χ1v) is 4.31. The number of nitrogens with zero attached hydrogens (tertiary/aromatic N) is 1. The Balaban J connectivity index is 2.05. The van der Waals surface area contributed by atoms with Crippen molar-refractivity contribution in [2.45, 2.75) is 37.2 Å². The van der Waals surface area contributed by atoms with E-state index in [2.05, 4.69) is 5.16 Å². The van der Waals surface area contributed by atoms with Gasteiger partial charge in [-0.2, -0.15) is 0 Å². The molecule has 13 heavy (non-hydrogen) atoms. The molecule has 1 N–H and O–H groups in total. The first-order chi connectivity index (χ1) is 6.10. The summed E-state index contributed by atoms with van der Waals surface area (Å²) in [6.07, 6.45) is 1.34. The van der Waals surface area contributed by atoms with Crippen LogP contribution < -0.4 is 0 Å². The minimum absolute atomic E-state index is 0.263. The van der Waals surface area contributed by atoms with E-state index in [1.54, 1.807) is 0 Å². The normalized spacial score (nSPS) is 37.2. The third-order valence-corrected chi connectivity index (χ3v) is 2.97. The first-order valence-electron chi connectivity index (χ1n) is 4.31. The monoisotopic (exact) mass is 191 g/mol. The third kappa shape index (κ3) is 1.14. The molecule has 0 aromatic heterocycles. The van der Waals surface area contributed by atoms with Crippen LogP contribution in [0.3, 0.4) is 0 Å². The topological polar surface area (TPSA) is 41.8 Å². The summed E-state index contributed by atoms with van der Waals surface area (Å²) in [6, 6.07) is 0. The van der Waals surface area contributed by atoms with Crippen molar-refractivity contribution in [3.05, 3.63) is 0 Å². The Morgan fingerprint density at radius 2 is 1.92 bits per heavy atom. The van der Waals surface area contributed by atoms with Crippen molar-refractivity contribution >= 4 is 5.71 Å². The van der Waals surface area contributed by atoms with Crippen LogP contribution >= 0.6 is 0 Å². The quantitative estimate of drug-likeness (QED) is 0.468. The lowest BCUT2D eigenvalue weighted by Gasteiger charge is -2.50. The van der Waals surface area contributed by atoms with E-state index < -0.39 is 18.1 Å². The Bertz CT molecular complexity index is 243. The molecule has 2 fully saturated rings. The number of alkyl halides is 2. The molecule has 2 rings (SSSR count). The van der Waals surface area contributed by atoms with Crippen LogP contribution in [-0.4, -0.2) is 29.0 Å². The lowest BCUT2D eigenvalue weighted by Crippen LogP contribution is -2.64. The third-order valence-electron chi connectivity index (χ3n) is 2.97. The summed E-state index contributed by atoms with van der Waals surface area (Å²) < 4.78 is 31.1. The van der Waals surface area contributed by atoms with Gasteiger partial charge in [-0.25, -0.2) is 8.78 Å². The van der Waals surface area contributed by atoms with Gasteiger partial charge in [0, 0.05) is 0 Å². The molecule has 1 spiro atoms. The summed E-state index contributed by atoms with van der Waals surface area (Å²) in [5, 5.41) is 11.5. The van der Waals surface area contributed by atoms with Crippen LogP contribution in [0, 0.1) is 0 Å². The zero-order valence-electron chi connectivity index (χ0n) is 7.09. The molecule has 2 aliphatic rings. The van der Waals surface area contributed by atoms with Crippen molar-refractivity contribution in [3.63, 3.8) is 0 Å². The Hall–Kier alpha value is -0.710. The summed E-state index contributed by atoms with van der Waals surface area (Å²) in [7, 11) is 0. The minimum atomic E-state index is -2.69. The molecular formula is C8H11F2NO2. The van der Waals surface area contributed by atoms with Crippen molar-refractivity contribution < 1.29 is 18.7 Å². The molecule has 1 aliphatic heterocycles. The highest BCUT2D eigenvalue weighted by Gasteiger charge is 2.63. The summed E-state index contributed by atoms with van der Waals surface area (Å²) in [4.78, 5) is 0. The van der Waals surface area contributed by atoms with Crippen LogP contribution in [0.5, 0.6) is 0 Å². The molecule has 0 aromatic carbocycles. The largest absolute Gasteiger partial charge is 0.411 e. The second kappa shape index (κ2) is 2.64. The van der Waals surface area contributed by atoms with Crippen LogP contribution in [0.2, 0.25) is 0 Å². The zero-order valence-corrected chi connectivity index (χ0v) is 7.09. The van der Waals surface area contributed by atoms with Gasteiger partial charge in [-0.15, -0.1) is 0 Å². The van der Waals surface area contributed by atoms with Crippen LogP contribution in [0.1, 0.15) is 25.7 Å². The van der Waals surface area contributed by atoms with Crippen LogP contribution in [0.4, 0.5) is 8.78 Å². The summed E-state index contributed by atoms with van der Waals surface area (Å²) in [5.74, 6) is -2.69. The summed E-state index contributed by atoms with van der Waals surface area (Å²) in [5.41, 5.74) is -0.654. The molecule has 0 atom stereocenters. The van der Waals surface area contributed by atoms with Crippen molar-refractivity contribution in [2.24, 2.45) is 5.16 Å². The molecule has 74 valence electrons. The second-order valence-electron chi connectivity index (χ2n) is 3.65. The van der Waals surface area contributed by atoms with Crippen molar-refractivity contribution in [2.75, 3.05) is 6.61 Å². The van der Waals surface area contributed by atoms with Gasteiger partial charge in [0.15, 0.2) is 0 Å². The fraction of sp³-hybridized carbons (Fsp3) is 0.875. The minimum Gasteiger partial charge on any atom is -0.411 e. The Labute approximate surface area is 74.4 Å². The molecule has 0 radical (unpaired) electrons. The highest BCUT2D eigenvalue weighted by atomic mass is 19.3. The number of hydrogen-bond acceptors (Lipinski definition) is 3. The zero-order chi connectivity index (χ0) is 9.53.